The Hall–Kier alpha value is -1.49. The van der Waals surface area contributed by atoms with E-state index in [4.69, 9.17) is 4.79 Å². The maximum atomic E-state index is 8.94. The number of rotatable bonds is 1. The topological polar surface area (TPSA) is 73.6 Å². The lowest BCUT2D eigenvalue weighted by molar-refractivity contribution is -0.109. The molecule has 0 saturated carbocycles. The van der Waals surface area contributed by atoms with Crippen LogP contribution in [0.25, 0.3) is 0 Å². The van der Waals surface area contributed by atoms with E-state index in [0.717, 1.165) is 0 Å². The van der Waals surface area contributed by atoms with Crippen molar-refractivity contribution in [3.05, 3.63) is 25.0 Å². The van der Waals surface area contributed by atoms with Gasteiger partial charge in [0, 0.05) is 0 Å². The molecule has 0 saturated heterocycles. The van der Waals surface area contributed by atoms with Gasteiger partial charge >= 0.3 is 0 Å². The first-order valence-corrected chi connectivity index (χ1v) is 2.42. The van der Waals surface area contributed by atoms with Crippen LogP contribution in [0.3, 0.4) is 0 Å². The molecule has 0 unspecified atom stereocenters. The van der Waals surface area contributed by atoms with Crippen LogP contribution in [0.15, 0.2) is 25.0 Å². The smallest absolute Gasteiger partial charge is 0.221 e. The summed E-state index contributed by atoms with van der Waals surface area (Å²) in [5.74, 6) is 4.41. The molecule has 1 aliphatic heterocycles. The van der Waals surface area contributed by atoms with Crippen molar-refractivity contribution >= 4 is 6.41 Å². The molecule has 0 aromatic rings. The highest BCUT2D eigenvalue weighted by Gasteiger charge is 1.74. The lowest BCUT2D eigenvalue weighted by Crippen LogP contribution is -2.18. The Kier molecular flexibility index (Phi) is 6.39. The third kappa shape index (κ3) is 6.51. The molecule has 0 bridgehead atoms. The minimum Gasteiger partial charge on any atom is -0.466 e. The van der Waals surface area contributed by atoms with Crippen molar-refractivity contribution in [2.75, 3.05) is 0 Å². The molecule has 5 nitrogen and oxygen atoms in total. The third-order valence-corrected chi connectivity index (χ3v) is 0.493. The van der Waals surface area contributed by atoms with Gasteiger partial charge in [0.1, 0.15) is 25.0 Å². The Balaban J connectivity index is 0.000000180. The molecule has 3 N–H and O–H groups in total. The number of amides is 1. The predicted molar refractivity (Wildman–Crippen MR) is 33.8 cm³/mol. The Bertz CT molecular complexity index is 113. The Morgan fingerprint density at radius 2 is 1.50 bits per heavy atom. The second kappa shape index (κ2) is 7.51. The zero-order valence-corrected chi connectivity index (χ0v) is 5.19. The molecule has 1 amide bonds. The lowest BCUT2D eigenvalue weighted by Gasteiger charge is -1.94. The van der Waals surface area contributed by atoms with Gasteiger partial charge in [-0.1, -0.05) is 0 Å². The van der Waals surface area contributed by atoms with Gasteiger partial charge in [-0.05, 0) is 0 Å². The molecule has 1 rings (SSSR count). The van der Waals surface area contributed by atoms with Crippen LogP contribution >= 0.6 is 0 Å². The fraction of sp³-hybridized carbons (Fsp3) is 0. The average molecular weight is 144 g/mol. The van der Waals surface area contributed by atoms with Gasteiger partial charge in [-0.3, -0.25) is 10.2 Å². The SMILES string of the molecule is C1=COC=CO1.NNC=O. The van der Waals surface area contributed by atoms with Crippen molar-refractivity contribution in [2.24, 2.45) is 5.84 Å². The van der Waals surface area contributed by atoms with Crippen LogP contribution in [0, 0.1) is 0 Å². The molecule has 0 aromatic heterocycles. The minimum absolute atomic E-state index is 0.403. The highest BCUT2D eigenvalue weighted by Crippen LogP contribution is 1.89. The molecule has 0 aromatic carbocycles. The van der Waals surface area contributed by atoms with Crippen LogP contribution in [-0.4, -0.2) is 6.41 Å². The zero-order valence-electron chi connectivity index (χ0n) is 5.19. The van der Waals surface area contributed by atoms with E-state index < -0.39 is 0 Å². The van der Waals surface area contributed by atoms with E-state index in [2.05, 4.69) is 15.3 Å². The van der Waals surface area contributed by atoms with Gasteiger partial charge < -0.3 is 9.47 Å². The number of hydrazine groups is 1. The van der Waals surface area contributed by atoms with Gasteiger partial charge in [-0.25, -0.2) is 5.84 Å². The maximum absolute atomic E-state index is 8.94. The van der Waals surface area contributed by atoms with E-state index in [0.29, 0.717) is 6.41 Å². The summed E-state index contributed by atoms with van der Waals surface area (Å²) in [7, 11) is 0. The number of hydrogen-bond acceptors (Lipinski definition) is 4. The Labute approximate surface area is 58.1 Å². The molecule has 0 spiro atoms. The fourth-order valence-electron chi connectivity index (χ4n) is 0.219. The number of hydrogen-bond donors (Lipinski definition) is 2. The molecule has 0 fully saturated rings. The van der Waals surface area contributed by atoms with Crippen molar-refractivity contribution in [2.45, 2.75) is 0 Å². The van der Waals surface area contributed by atoms with Crippen LogP contribution in [0.5, 0.6) is 0 Å². The summed E-state index contributed by atoms with van der Waals surface area (Å²) in [6, 6.07) is 0. The molecule has 0 atom stereocenters. The molecule has 56 valence electrons. The lowest BCUT2D eigenvalue weighted by atomic mass is 10.9. The van der Waals surface area contributed by atoms with E-state index in [1.165, 1.54) is 25.0 Å². The van der Waals surface area contributed by atoms with Gasteiger partial charge in [-0.15, -0.1) is 0 Å². The maximum Gasteiger partial charge on any atom is 0.221 e. The van der Waals surface area contributed by atoms with Crippen LogP contribution in [0.2, 0.25) is 0 Å². The van der Waals surface area contributed by atoms with Crippen molar-refractivity contribution in [3.8, 4) is 0 Å². The van der Waals surface area contributed by atoms with Gasteiger partial charge in [-0.2, -0.15) is 0 Å². The normalized spacial score (nSPS) is 11.7. The fourth-order valence-corrected chi connectivity index (χ4v) is 0.219. The average Bonchev–Trinajstić information content (AvgIpc) is 2.08. The van der Waals surface area contributed by atoms with E-state index in [1.54, 1.807) is 5.43 Å². The number of nitrogens with two attached hydrogens (primary N) is 1. The molecule has 0 radical (unpaired) electrons. The standard InChI is InChI=1S/C4H4O2.CH4N2O/c1-2-6-4-3-5-1;2-3-1-4/h1-4H;1H,2H2,(H,3,4). The summed E-state index contributed by atoms with van der Waals surface area (Å²) in [4.78, 5) is 8.94. The minimum atomic E-state index is 0.403. The monoisotopic (exact) mass is 144 g/mol. The first kappa shape index (κ1) is 8.51. The molecule has 1 heterocycles. The predicted octanol–water partition coefficient (Wildman–Crippen LogP) is -0.418. The van der Waals surface area contributed by atoms with Gasteiger partial charge in [0.2, 0.25) is 6.41 Å². The van der Waals surface area contributed by atoms with Crippen LogP contribution < -0.4 is 11.3 Å². The van der Waals surface area contributed by atoms with E-state index in [-0.39, 0.29) is 0 Å². The summed E-state index contributed by atoms with van der Waals surface area (Å²) in [6.07, 6.45) is 6.24. The third-order valence-electron chi connectivity index (χ3n) is 0.493. The molecule has 1 aliphatic rings. The number of carbonyl (C=O) groups is 1. The van der Waals surface area contributed by atoms with Crippen molar-refractivity contribution in [3.63, 3.8) is 0 Å². The first-order valence-electron chi connectivity index (χ1n) is 2.42. The summed E-state index contributed by atoms with van der Waals surface area (Å²) in [5, 5.41) is 0. The second-order valence-corrected chi connectivity index (χ2v) is 1.10. The summed E-state index contributed by atoms with van der Waals surface area (Å²) < 4.78 is 9.17. The van der Waals surface area contributed by atoms with Crippen LogP contribution in [0.1, 0.15) is 0 Å². The molecule has 5 heteroatoms. The second-order valence-electron chi connectivity index (χ2n) is 1.10. The number of nitrogens with one attached hydrogen (secondary N) is 1. The molecule has 10 heavy (non-hydrogen) atoms. The summed E-state index contributed by atoms with van der Waals surface area (Å²) in [6.45, 7) is 0. The molecule has 0 aliphatic carbocycles. The molecular weight excluding hydrogens is 136 g/mol. The quantitative estimate of drug-likeness (QED) is 0.227. The van der Waals surface area contributed by atoms with Crippen molar-refractivity contribution < 1.29 is 14.3 Å². The highest BCUT2D eigenvalue weighted by molar-refractivity contribution is 5.44. The van der Waals surface area contributed by atoms with Gasteiger partial charge in [0.15, 0.2) is 0 Å². The number of ether oxygens (including phenoxy) is 2. The Morgan fingerprint density at radius 3 is 1.60 bits per heavy atom. The zero-order chi connectivity index (χ0) is 7.66. The largest absolute Gasteiger partial charge is 0.466 e. The Morgan fingerprint density at radius 1 is 1.20 bits per heavy atom. The van der Waals surface area contributed by atoms with E-state index >= 15 is 0 Å². The van der Waals surface area contributed by atoms with Crippen LogP contribution in [0.4, 0.5) is 0 Å². The van der Waals surface area contributed by atoms with Crippen LogP contribution in [-0.2, 0) is 14.3 Å². The van der Waals surface area contributed by atoms with Crippen molar-refractivity contribution in [1.82, 2.24) is 5.43 Å². The van der Waals surface area contributed by atoms with Gasteiger partial charge in [0.05, 0.1) is 0 Å². The highest BCUT2D eigenvalue weighted by atomic mass is 16.5. The van der Waals surface area contributed by atoms with E-state index in [9.17, 15) is 0 Å². The number of carbonyl (C=O) groups excluding carboxylic acids is 1. The van der Waals surface area contributed by atoms with Gasteiger partial charge in [0.25, 0.3) is 0 Å². The molecular formula is C5H8N2O3. The summed E-state index contributed by atoms with van der Waals surface area (Å²) in [5.41, 5.74) is 1.75. The van der Waals surface area contributed by atoms with Crippen molar-refractivity contribution in [1.29, 1.82) is 0 Å². The van der Waals surface area contributed by atoms with E-state index in [1.807, 2.05) is 0 Å². The summed E-state index contributed by atoms with van der Waals surface area (Å²) >= 11 is 0. The first-order chi connectivity index (χ1) is 4.91.